The zero-order valence-electron chi connectivity index (χ0n) is 8.99. The van der Waals surface area contributed by atoms with Crippen LogP contribution in [0.3, 0.4) is 0 Å². The Bertz CT molecular complexity index is 473. The lowest BCUT2D eigenvalue weighted by molar-refractivity contribution is -0.139. The van der Waals surface area contributed by atoms with E-state index >= 15 is 0 Å². The van der Waals surface area contributed by atoms with E-state index in [9.17, 15) is 30.7 Å². The lowest BCUT2D eigenvalue weighted by atomic mass is 9.97. The molecule has 0 amide bonds. The molecule has 0 heterocycles. The first-order valence-corrected chi connectivity index (χ1v) is 5.57. The number of allylic oxidation sites excluding steroid dienone is 1. The Morgan fingerprint density at radius 1 is 1.05 bits per heavy atom. The third kappa shape index (κ3) is 3.95. The van der Waals surface area contributed by atoms with E-state index in [0.717, 1.165) is 0 Å². The molecule has 0 spiro atoms. The highest BCUT2D eigenvalue weighted by molar-refractivity contribution is 9.10. The van der Waals surface area contributed by atoms with Crippen LogP contribution in [-0.4, -0.2) is 6.18 Å². The summed E-state index contributed by atoms with van der Waals surface area (Å²) >= 11 is 2.56. The van der Waals surface area contributed by atoms with Crippen LogP contribution in [0, 0.1) is 0 Å². The third-order valence-electron chi connectivity index (χ3n) is 2.28. The van der Waals surface area contributed by atoms with Crippen LogP contribution in [0.4, 0.5) is 30.7 Å². The maximum Gasteiger partial charge on any atom is 0.417 e. The number of alkyl halides is 6. The first kappa shape index (κ1) is 16.0. The monoisotopic (exact) mass is 350 g/mol. The van der Waals surface area contributed by atoms with Crippen LogP contribution in [0.15, 0.2) is 35.1 Å². The Labute approximate surface area is 112 Å². The maximum absolute atomic E-state index is 12.6. The van der Waals surface area contributed by atoms with Crippen LogP contribution < -0.4 is 0 Å². The van der Waals surface area contributed by atoms with E-state index < -0.39 is 33.9 Å². The largest absolute Gasteiger partial charge is 0.417 e. The lowest BCUT2D eigenvalue weighted by Gasteiger charge is -2.18. The lowest BCUT2D eigenvalue weighted by Crippen LogP contribution is -2.19. The van der Waals surface area contributed by atoms with Gasteiger partial charge in [-0.05, 0) is 23.8 Å². The number of hydrogen-bond donors (Lipinski definition) is 0. The minimum absolute atomic E-state index is 0.231. The van der Waals surface area contributed by atoms with Crippen molar-refractivity contribution in [1.82, 2.24) is 0 Å². The Balaban J connectivity index is 3.26. The molecule has 0 aliphatic rings. The SMILES string of the molecule is F/C=C\C(c1ccc(C(F)(F)F)c(Br)c1)C(F)(F)F. The average Bonchev–Trinajstić information content (AvgIpc) is 2.22. The molecule has 106 valence electrons. The predicted molar refractivity (Wildman–Crippen MR) is 58.2 cm³/mol. The van der Waals surface area contributed by atoms with Crippen molar-refractivity contribution in [3.8, 4) is 0 Å². The molecule has 0 saturated heterocycles. The highest BCUT2D eigenvalue weighted by Gasteiger charge is 2.40. The van der Waals surface area contributed by atoms with Crippen LogP contribution in [0.1, 0.15) is 17.0 Å². The molecule has 0 saturated carbocycles. The van der Waals surface area contributed by atoms with Crippen molar-refractivity contribution in [3.63, 3.8) is 0 Å². The van der Waals surface area contributed by atoms with E-state index in [2.05, 4.69) is 15.9 Å². The predicted octanol–water partition coefficient (Wildman–Crippen LogP) is 5.60. The molecule has 0 N–H and O–H groups in total. The van der Waals surface area contributed by atoms with Gasteiger partial charge in [-0.15, -0.1) is 0 Å². The van der Waals surface area contributed by atoms with Gasteiger partial charge in [0.2, 0.25) is 0 Å². The van der Waals surface area contributed by atoms with Crippen LogP contribution in [-0.2, 0) is 6.18 Å². The first-order chi connectivity index (χ1) is 8.57. The quantitative estimate of drug-likeness (QED) is 0.609. The molecule has 0 aliphatic carbocycles. The number of rotatable bonds is 2. The van der Waals surface area contributed by atoms with Crippen molar-refractivity contribution in [1.29, 1.82) is 0 Å². The number of benzene rings is 1. The average molecular weight is 351 g/mol. The molecule has 1 unspecified atom stereocenters. The fraction of sp³-hybridized carbons (Fsp3) is 0.273. The summed E-state index contributed by atoms with van der Waals surface area (Å²) in [5.74, 6) is -2.30. The van der Waals surface area contributed by atoms with E-state index in [0.29, 0.717) is 18.2 Å². The van der Waals surface area contributed by atoms with Crippen molar-refractivity contribution in [2.45, 2.75) is 18.3 Å². The van der Waals surface area contributed by atoms with E-state index in [-0.39, 0.29) is 12.4 Å². The van der Waals surface area contributed by atoms with Gasteiger partial charge in [-0.2, -0.15) is 26.3 Å². The molecule has 8 heteroatoms. The van der Waals surface area contributed by atoms with Crippen molar-refractivity contribution < 1.29 is 30.7 Å². The van der Waals surface area contributed by atoms with E-state index in [4.69, 9.17) is 0 Å². The second-order valence-corrected chi connectivity index (χ2v) is 4.43. The zero-order valence-corrected chi connectivity index (χ0v) is 10.6. The summed E-state index contributed by atoms with van der Waals surface area (Å²) in [4.78, 5) is 0. The summed E-state index contributed by atoms with van der Waals surface area (Å²) in [5.41, 5.74) is -1.58. The van der Waals surface area contributed by atoms with Crippen LogP contribution >= 0.6 is 15.9 Å². The standard InChI is InChI=1S/C11H6BrF7/c12-9-5-6(1-2-8(9)11(17,18)19)7(3-4-13)10(14,15)16/h1-5,7H/b4-3-. The molecular formula is C11H6BrF7. The van der Waals surface area contributed by atoms with Gasteiger partial charge in [0, 0.05) is 4.47 Å². The van der Waals surface area contributed by atoms with Gasteiger partial charge in [-0.1, -0.05) is 22.0 Å². The van der Waals surface area contributed by atoms with E-state index in [1.807, 2.05) is 0 Å². The van der Waals surface area contributed by atoms with Gasteiger partial charge >= 0.3 is 12.4 Å². The Kier molecular flexibility index (Phi) is 4.65. The van der Waals surface area contributed by atoms with E-state index in [1.165, 1.54) is 0 Å². The minimum atomic E-state index is -4.79. The Morgan fingerprint density at radius 3 is 2.00 bits per heavy atom. The summed E-state index contributed by atoms with van der Waals surface area (Å²) in [5, 5.41) is 0. The molecule has 1 atom stereocenters. The van der Waals surface area contributed by atoms with Crippen LogP contribution in [0.2, 0.25) is 0 Å². The fourth-order valence-corrected chi connectivity index (χ4v) is 2.06. The van der Waals surface area contributed by atoms with Crippen molar-refractivity contribution in [2.24, 2.45) is 0 Å². The molecular weight excluding hydrogens is 345 g/mol. The van der Waals surface area contributed by atoms with Gasteiger partial charge < -0.3 is 0 Å². The summed E-state index contributed by atoms with van der Waals surface area (Å²) in [6.07, 6.45) is -9.53. The van der Waals surface area contributed by atoms with E-state index in [1.54, 1.807) is 0 Å². The normalized spacial score (nSPS) is 14.9. The third-order valence-corrected chi connectivity index (χ3v) is 2.93. The molecule has 1 aromatic carbocycles. The van der Waals surface area contributed by atoms with Gasteiger partial charge in [-0.25, -0.2) is 4.39 Å². The van der Waals surface area contributed by atoms with Crippen molar-refractivity contribution >= 4 is 15.9 Å². The van der Waals surface area contributed by atoms with Crippen molar-refractivity contribution in [3.05, 3.63) is 46.2 Å². The fourth-order valence-electron chi connectivity index (χ4n) is 1.44. The Morgan fingerprint density at radius 2 is 1.63 bits per heavy atom. The zero-order chi connectivity index (χ0) is 14.8. The summed E-state index contributed by atoms with van der Waals surface area (Å²) < 4.78 is 86.5. The number of hydrogen-bond acceptors (Lipinski definition) is 0. The van der Waals surface area contributed by atoms with Crippen LogP contribution in [0.25, 0.3) is 0 Å². The summed E-state index contributed by atoms with van der Waals surface area (Å²) in [6, 6.07) is 1.87. The second kappa shape index (κ2) is 5.52. The minimum Gasteiger partial charge on any atom is -0.216 e. The van der Waals surface area contributed by atoms with Gasteiger partial charge in [0.25, 0.3) is 0 Å². The topological polar surface area (TPSA) is 0 Å². The van der Waals surface area contributed by atoms with Crippen LogP contribution in [0.5, 0.6) is 0 Å². The summed E-state index contributed by atoms with van der Waals surface area (Å²) in [6.45, 7) is 0. The molecule has 0 aliphatic heterocycles. The Hall–Kier alpha value is -1.05. The molecule has 1 aromatic rings. The molecule has 0 aromatic heterocycles. The van der Waals surface area contributed by atoms with Crippen molar-refractivity contribution in [2.75, 3.05) is 0 Å². The van der Waals surface area contributed by atoms with Gasteiger partial charge in [0.1, 0.15) is 5.92 Å². The molecule has 0 radical (unpaired) electrons. The molecule has 19 heavy (non-hydrogen) atoms. The smallest absolute Gasteiger partial charge is 0.216 e. The summed E-state index contributed by atoms with van der Waals surface area (Å²) in [7, 11) is 0. The highest BCUT2D eigenvalue weighted by Crippen LogP contribution is 2.40. The van der Waals surface area contributed by atoms with Gasteiger partial charge in [-0.3, -0.25) is 0 Å². The number of halogens is 8. The molecule has 0 bridgehead atoms. The van der Waals surface area contributed by atoms with Gasteiger partial charge in [0.15, 0.2) is 0 Å². The first-order valence-electron chi connectivity index (χ1n) is 4.77. The second-order valence-electron chi connectivity index (χ2n) is 3.57. The molecule has 0 fully saturated rings. The highest BCUT2D eigenvalue weighted by atomic mass is 79.9. The van der Waals surface area contributed by atoms with Gasteiger partial charge in [0.05, 0.1) is 11.9 Å². The molecule has 1 rings (SSSR count). The maximum atomic E-state index is 12.6. The molecule has 0 nitrogen and oxygen atoms in total.